The minimum atomic E-state index is -1.17. The largest absolute Gasteiger partial charge is 0.480 e. The van der Waals surface area contributed by atoms with Gasteiger partial charge in [-0.05, 0) is 0 Å². The van der Waals surface area contributed by atoms with Gasteiger partial charge in [0.05, 0.1) is 46.0 Å². The zero-order chi connectivity index (χ0) is 19.9. The van der Waals surface area contributed by atoms with Crippen molar-refractivity contribution in [3.63, 3.8) is 0 Å². The Morgan fingerprint density at radius 3 is 1.50 bits per heavy atom. The van der Waals surface area contributed by atoms with Crippen molar-refractivity contribution >= 4 is 23.9 Å². The molecule has 0 heterocycles. The van der Waals surface area contributed by atoms with E-state index in [1.807, 2.05) is 0 Å². The van der Waals surface area contributed by atoms with Crippen LogP contribution < -0.4 is 0 Å². The first-order valence-corrected chi connectivity index (χ1v) is 7.69. The predicted octanol–water partition coefficient (Wildman–Crippen LogP) is -2.60. The van der Waals surface area contributed by atoms with Crippen LogP contribution in [0.1, 0.15) is 0 Å². The Hall–Kier alpha value is -2.28. The summed E-state index contributed by atoms with van der Waals surface area (Å²) in [6.07, 6.45) is 0. The molecule has 0 rings (SSSR count). The van der Waals surface area contributed by atoms with Gasteiger partial charge in [0.1, 0.15) is 6.61 Å². The summed E-state index contributed by atoms with van der Waals surface area (Å²) in [6.45, 7) is -1.87. The molecule has 0 unspecified atom stereocenters. The number of carbonyl (C=O) groups excluding carboxylic acids is 1. The minimum Gasteiger partial charge on any atom is -0.480 e. The molecule has 0 aliphatic heterocycles. The highest BCUT2D eigenvalue weighted by atomic mass is 16.5. The summed E-state index contributed by atoms with van der Waals surface area (Å²) in [7, 11) is 0. The molecule has 0 aromatic rings. The molecule has 0 aromatic heterocycles. The number of aliphatic carboxylic acids is 3. The third-order valence-corrected chi connectivity index (χ3v) is 2.89. The highest BCUT2D eigenvalue weighted by Gasteiger charge is 2.16. The molecule has 0 bridgehead atoms. The van der Waals surface area contributed by atoms with E-state index >= 15 is 0 Å². The number of hydrogen-bond donors (Lipinski definition) is 4. The Kier molecular flexibility index (Phi) is 12.7. The molecule has 0 atom stereocenters. The zero-order valence-electron chi connectivity index (χ0n) is 14.2. The molecule has 0 aliphatic rings. The maximum Gasteiger partial charge on any atom is 0.320 e. The van der Waals surface area contributed by atoms with Crippen LogP contribution >= 0.6 is 0 Å². The van der Waals surface area contributed by atoms with Gasteiger partial charge in [0.25, 0.3) is 0 Å². The van der Waals surface area contributed by atoms with Crippen molar-refractivity contribution in [2.24, 2.45) is 0 Å². The van der Waals surface area contributed by atoms with Crippen molar-refractivity contribution in [2.45, 2.75) is 0 Å². The van der Waals surface area contributed by atoms with E-state index in [1.165, 1.54) is 9.80 Å². The smallest absolute Gasteiger partial charge is 0.320 e. The molecule has 0 fully saturated rings. The van der Waals surface area contributed by atoms with Gasteiger partial charge in [-0.2, -0.15) is 0 Å². The van der Waals surface area contributed by atoms with Crippen molar-refractivity contribution in [1.82, 2.24) is 9.80 Å². The van der Waals surface area contributed by atoms with Gasteiger partial charge < -0.3 is 29.9 Å². The molecule has 4 N–H and O–H groups in total. The lowest BCUT2D eigenvalue weighted by molar-refractivity contribution is -0.147. The first kappa shape index (κ1) is 23.7. The number of carbonyl (C=O) groups is 4. The monoisotopic (exact) mass is 380 g/mol. The fourth-order valence-electron chi connectivity index (χ4n) is 1.88. The number of rotatable bonds is 16. The van der Waals surface area contributed by atoms with Gasteiger partial charge in [-0.1, -0.05) is 0 Å². The summed E-state index contributed by atoms with van der Waals surface area (Å²) >= 11 is 0. The molecule has 26 heavy (non-hydrogen) atoms. The van der Waals surface area contributed by atoms with Crippen molar-refractivity contribution in [2.75, 3.05) is 65.7 Å². The molecule has 0 aromatic carbocycles. The number of carboxylic acid groups (broad SMARTS) is 3. The summed E-state index contributed by atoms with van der Waals surface area (Å²) in [5.41, 5.74) is 0. The highest BCUT2D eigenvalue weighted by Crippen LogP contribution is 1.94. The maximum absolute atomic E-state index is 11.5. The van der Waals surface area contributed by atoms with Crippen LogP contribution in [0.4, 0.5) is 0 Å². The molecule has 0 aliphatic carbocycles. The summed E-state index contributed by atoms with van der Waals surface area (Å²) in [5.74, 6) is -4.16. The Labute approximate surface area is 149 Å². The molecule has 0 amide bonds. The van der Waals surface area contributed by atoms with Crippen molar-refractivity contribution in [1.29, 1.82) is 0 Å². The molecule has 0 saturated heterocycles. The molecular weight excluding hydrogens is 356 g/mol. The molecule has 0 radical (unpaired) electrons. The molecule has 0 saturated carbocycles. The molecule has 12 nitrogen and oxygen atoms in total. The van der Waals surface area contributed by atoms with Gasteiger partial charge in [0, 0.05) is 13.1 Å². The first-order valence-electron chi connectivity index (χ1n) is 7.69. The van der Waals surface area contributed by atoms with Gasteiger partial charge in [0.2, 0.25) is 0 Å². The summed E-state index contributed by atoms with van der Waals surface area (Å²) < 4.78 is 9.90. The lowest BCUT2D eigenvalue weighted by Crippen LogP contribution is -2.39. The predicted molar refractivity (Wildman–Crippen MR) is 84.7 cm³/mol. The number of carboxylic acids is 3. The van der Waals surface area contributed by atoms with Crippen LogP contribution in [0.2, 0.25) is 0 Å². The van der Waals surface area contributed by atoms with Crippen molar-refractivity contribution in [3.05, 3.63) is 0 Å². The Morgan fingerprint density at radius 1 is 0.692 bits per heavy atom. The Morgan fingerprint density at radius 2 is 1.12 bits per heavy atom. The van der Waals surface area contributed by atoms with Crippen LogP contribution in [0.25, 0.3) is 0 Å². The van der Waals surface area contributed by atoms with E-state index in [1.54, 1.807) is 0 Å². The van der Waals surface area contributed by atoms with Crippen LogP contribution in [0.15, 0.2) is 0 Å². The fraction of sp³-hybridized carbons (Fsp3) is 0.714. The van der Waals surface area contributed by atoms with Gasteiger partial charge in [-0.15, -0.1) is 0 Å². The van der Waals surface area contributed by atoms with E-state index in [0.29, 0.717) is 0 Å². The number of hydrogen-bond acceptors (Lipinski definition) is 9. The van der Waals surface area contributed by atoms with E-state index in [2.05, 4.69) is 4.74 Å². The van der Waals surface area contributed by atoms with Crippen LogP contribution in [-0.4, -0.2) is 120 Å². The number of ether oxygens (including phenoxy) is 2. The third-order valence-electron chi connectivity index (χ3n) is 2.89. The second kappa shape index (κ2) is 13.9. The number of aliphatic hydroxyl groups excluding tert-OH is 1. The van der Waals surface area contributed by atoms with Crippen molar-refractivity contribution in [3.8, 4) is 0 Å². The lowest BCUT2D eigenvalue weighted by atomic mass is 10.4. The normalized spacial score (nSPS) is 10.9. The molecular formula is C14H24N2O10. The topological polar surface area (TPSA) is 174 Å². The Balaban J connectivity index is 4.22. The average molecular weight is 380 g/mol. The quantitative estimate of drug-likeness (QED) is 0.162. The van der Waals surface area contributed by atoms with Gasteiger partial charge in [0.15, 0.2) is 0 Å². The fourth-order valence-corrected chi connectivity index (χ4v) is 1.88. The van der Waals surface area contributed by atoms with Gasteiger partial charge >= 0.3 is 23.9 Å². The van der Waals surface area contributed by atoms with Crippen molar-refractivity contribution < 1.29 is 49.1 Å². The third kappa shape index (κ3) is 14.1. The summed E-state index contributed by atoms with van der Waals surface area (Å²) in [6, 6.07) is 0. The second-order valence-electron chi connectivity index (χ2n) is 5.16. The lowest BCUT2D eigenvalue weighted by Gasteiger charge is -2.20. The summed E-state index contributed by atoms with van der Waals surface area (Å²) in [4.78, 5) is 46.0. The van der Waals surface area contributed by atoms with Gasteiger partial charge in [-0.3, -0.25) is 29.0 Å². The molecule has 0 spiro atoms. The molecule has 150 valence electrons. The van der Waals surface area contributed by atoms with Crippen LogP contribution in [0.3, 0.4) is 0 Å². The summed E-state index contributed by atoms with van der Waals surface area (Å²) in [5, 5.41) is 34.8. The van der Waals surface area contributed by atoms with E-state index in [0.717, 1.165) is 0 Å². The van der Waals surface area contributed by atoms with Crippen LogP contribution in [-0.2, 0) is 28.7 Å². The van der Waals surface area contributed by atoms with Crippen LogP contribution in [0, 0.1) is 0 Å². The highest BCUT2D eigenvalue weighted by molar-refractivity contribution is 5.74. The van der Waals surface area contributed by atoms with Gasteiger partial charge in [-0.25, -0.2) is 0 Å². The average Bonchev–Trinajstić information content (AvgIpc) is 2.50. The standard InChI is InChI=1S/C14H24N2O10/c17-3-6-26-14(24)10-16(9-13(22)23)2-5-25-4-1-15(7-11(18)19)8-12(20)21/h17H,1-10H2,(H,18,19)(H,20,21)(H,22,23). The molecule has 12 heteroatoms. The van der Waals surface area contributed by atoms with E-state index in [-0.39, 0.29) is 46.1 Å². The van der Waals surface area contributed by atoms with E-state index in [9.17, 15) is 19.2 Å². The number of esters is 1. The SMILES string of the molecule is O=C(O)CN(CCOCCN(CC(=O)O)CC(=O)OCCO)CC(=O)O. The van der Waals surface area contributed by atoms with Crippen LogP contribution in [0.5, 0.6) is 0 Å². The second-order valence-corrected chi connectivity index (χ2v) is 5.16. The number of nitrogens with zero attached hydrogens (tertiary/aromatic N) is 2. The Bertz CT molecular complexity index is 455. The zero-order valence-corrected chi connectivity index (χ0v) is 14.2. The van der Waals surface area contributed by atoms with E-state index in [4.69, 9.17) is 25.2 Å². The first-order chi connectivity index (χ1) is 12.2. The minimum absolute atomic E-state index is 0.0381. The number of aliphatic hydroxyl groups is 1. The maximum atomic E-state index is 11.5. The van der Waals surface area contributed by atoms with E-state index < -0.39 is 43.5 Å².